The molecule has 0 spiro atoms. The number of nitrogens with zero attached hydrogens (tertiary/aromatic N) is 1. The van der Waals surface area contributed by atoms with Gasteiger partial charge in [-0.3, -0.25) is 4.79 Å². The van der Waals surface area contributed by atoms with Crippen LogP contribution in [0, 0.1) is 24.7 Å². The fourth-order valence-electron chi connectivity index (χ4n) is 6.45. The van der Waals surface area contributed by atoms with E-state index in [0.717, 1.165) is 47.7 Å². The van der Waals surface area contributed by atoms with Gasteiger partial charge in [-0.2, -0.15) is 0 Å². The summed E-state index contributed by atoms with van der Waals surface area (Å²) in [7, 11) is 0. The Kier molecular flexibility index (Phi) is 4.41. The summed E-state index contributed by atoms with van der Waals surface area (Å²) in [6.45, 7) is 11.7. The summed E-state index contributed by atoms with van der Waals surface area (Å²) in [4.78, 5) is 28.0. The highest BCUT2D eigenvalue weighted by Crippen LogP contribution is 2.52. The molecule has 2 atom stereocenters. The molecule has 164 valence electrons. The molecule has 2 aromatic heterocycles. The van der Waals surface area contributed by atoms with Gasteiger partial charge >= 0.3 is 5.63 Å². The standard InChI is InChI=1S/C26H31NO4/c1-15-12-30-21-9-22-20(8-19(15)21)16(2)18(24(29)31-22)6-7-23(28)27-14-26(5)11-17(27)10-25(3,4)13-26/h8-9,12,17H,6-7,10-11,13-14H2,1-5H3/t17-,26+/m0/s1. The second-order valence-electron chi connectivity index (χ2n) is 11.0. The Morgan fingerprint density at radius 2 is 1.90 bits per heavy atom. The second kappa shape index (κ2) is 6.72. The first-order valence-corrected chi connectivity index (χ1v) is 11.3. The molecule has 3 heterocycles. The number of likely N-dealkylation sites (tertiary alicyclic amines) is 1. The Labute approximate surface area is 182 Å². The fourth-order valence-corrected chi connectivity index (χ4v) is 6.45. The minimum atomic E-state index is -0.353. The number of aryl methyl sites for hydroxylation is 2. The highest BCUT2D eigenvalue weighted by atomic mass is 16.4. The third-order valence-corrected chi connectivity index (χ3v) is 7.50. The van der Waals surface area contributed by atoms with Gasteiger partial charge in [0, 0.05) is 41.4 Å². The van der Waals surface area contributed by atoms with Crippen molar-refractivity contribution in [3.8, 4) is 0 Å². The number of amides is 1. The molecule has 2 aliphatic rings. The second-order valence-corrected chi connectivity index (χ2v) is 11.0. The lowest BCUT2D eigenvalue weighted by Crippen LogP contribution is -2.38. The number of rotatable bonds is 3. The van der Waals surface area contributed by atoms with Crippen molar-refractivity contribution in [3.05, 3.63) is 45.5 Å². The van der Waals surface area contributed by atoms with Gasteiger partial charge in [-0.25, -0.2) is 4.79 Å². The maximum Gasteiger partial charge on any atom is 0.339 e. The molecular formula is C26H31NO4. The number of hydrogen-bond donors (Lipinski definition) is 0. The van der Waals surface area contributed by atoms with E-state index >= 15 is 0 Å². The Bertz CT molecular complexity index is 1260. The quantitative estimate of drug-likeness (QED) is 0.523. The smallest absolute Gasteiger partial charge is 0.339 e. The molecule has 1 saturated carbocycles. The predicted molar refractivity (Wildman–Crippen MR) is 121 cm³/mol. The van der Waals surface area contributed by atoms with Crippen LogP contribution in [-0.4, -0.2) is 23.4 Å². The number of carbonyl (C=O) groups excluding carboxylic acids is 1. The monoisotopic (exact) mass is 421 g/mol. The average molecular weight is 422 g/mol. The zero-order valence-corrected chi connectivity index (χ0v) is 19.1. The lowest BCUT2D eigenvalue weighted by Gasteiger charge is -2.39. The van der Waals surface area contributed by atoms with Crippen LogP contribution in [0.4, 0.5) is 0 Å². The first kappa shape index (κ1) is 20.3. The zero-order valence-electron chi connectivity index (χ0n) is 19.1. The van der Waals surface area contributed by atoms with Crippen LogP contribution in [0.2, 0.25) is 0 Å². The molecule has 1 aliphatic carbocycles. The van der Waals surface area contributed by atoms with E-state index in [1.54, 1.807) is 12.3 Å². The highest BCUT2D eigenvalue weighted by Gasteiger charge is 2.50. The maximum absolute atomic E-state index is 13.2. The Hall–Kier alpha value is -2.56. The van der Waals surface area contributed by atoms with Crippen molar-refractivity contribution in [3.63, 3.8) is 0 Å². The molecule has 0 unspecified atom stereocenters. The number of carbonyl (C=O) groups is 1. The van der Waals surface area contributed by atoms with Gasteiger partial charge in [-0.15, -0.1) is 0 Å². The molecule has 5 nitrogen and oxygen atoms in total. The van der Waals surface area contributed by atoms with Crippen LogP contribution in [0.3, 0.4) is 0 Å². The molecule has 2 bridgehead atoms. The van der Waals surface area contributed by atoms with Crippen LogP contribution in [0.1, 0.15) is 63.1 Å². The molecule has 1 aromatic carbocycles. The average Bonchev–Trinajstić information content (AvgIpc) is 3.15. The number of benzene rings is 1. The topological polar surface area (TPSA) is 63.7 Å². The molecule has 3 aromatic rings. The molecule has 0 radical (unpaired) electrons. The van der Waals surface area contributed by atoms with Crippen LogP contribution in [-0.2, 0) is 11.2 Å². The Morgan fingerprint density at radius 3 is 2.68 bits per heavy atom. The Morgan fingerprint density at radius 1 is 1.13 bits per heavy atom. The minimum absolute atomic E-state index is 0.159. The lowest BCUT2D eigenvalue weighted by molar-refractivity contribution is -0.132. The van der Waals surface area contributed by atoms with Gasteiger partial charge in [-0.05, 0) is 67.6 Å². The first-order chi connectivity index (χ1) is 14.6. The zero-order chi connectivity index (χ0) is 22.1. The molecular weight excluding hydrogens is 390 g/mol. The van der Waals surface area contributed by atoms with Crippen LogP contribution in [0.5, 0.6) is 0 Å². The van der Waals surface area contributed by atoms with Crippen molar-refractivity contribution >= 4 is 27.8 Å². The van der Waals surface area contributed by atoms with Gasteiger partial charge < -0.3 is 13.7 Å². The SMILES string of the molecule is Cc1coc2cc3oc(=O)c(CCC(=O)N4C[C@]5(C)C[C@@H]4CC(C)(C)C5)c(C)c3cc12. The summed E-state index contributed by atoms with van der Waals surface area (Å²) in [6.07, 6.45) is 5.79. The molecule has 31 heavy (non-hydrogen) atoms. The van der Waals surface area contributed by atoms with Crippen molar-refractivity contribution in [2.45, 2.75) is 72.8 Å². The van der Waals surface area contributed by atoms with Gasteiger partial charge in [-0.1, -0.05) is 20.8 Å². The lowest BCUT2D eigenvalue weighted by atomic mass is 9.65. The van der Waals surface area contributed by atoms with Crippen molar-refractivity contribution in [2.24, 2.45) is 10.8 Å². The number of fused-ring (bicyclic) bond motifs is 4. The van der Waals surface area contributed by atoms with Crippen LogP contribution in [0.15, 0.2) is 32.0 Å². The third-order valence-electron chi connectivity index (χ3n) is 7.50. The molecule has 5 heteroatoms. The number of furan rings is 1. The summed E-state index contributed by atoms with van der Waals surface area (Å²) >= 11 is 0. The molecule has 5 rings (SSSR count). The molecule has 0 N–H and O–H groups in total. The molecule has 1 aliphatic heterocycles. The molecule has 1 saturated heterocycles. The summed E-state index contributed by atoms with van der Waals surface area (Å²) in [5.41, 5.74) is 3.94. The van der Waals surface area contributed by atoms with Crippen molar-refractivity contribution in [2.75, 3.05) is 6.54 Å². The van der Waals surface area contributed by atoms with E-state index in [1.165, 1.54) is 0 Å². The van der Waals surface area contributed by atoms with E-state index < -0.39 is 0 Å². The Balaban J connectivity index is 1.41. The van der Waals surface area contributed by atoms with E-state index in [-0.39, 0.29) is 22.4 Å². The van der Waals surface area contributed by atoms with E-state index in [2.05, 4.69) is 25.7 Å². The van der Waals surface area contributed by atoms with E-state index in [0.29, 0.717) is 35.6 Å². The van der Waals surface area contributed by atoms with E-state index in [9.17, 15) is 9.59 Å². The van der Waals surface area contributed by atoms with Gasteiger partial charge in [0.05, 0.1) is 6.26 Å². The van der Waals surface area contributed by atoms with Gasteiger partial charge in [0.25, 0.3) is 0 Å². The van der Waals surface area contributed by atoms with Crippen LogP contribution in [0.25, 0.3) is 21.9 Å². The summed E-state index contributed by atoms with van der Waals surface area (Å²) in [5, 5.41) is 1.93. The van der Waals surface area contributed by atoms with Gasteiger partial charge in [0.15, 0.2) is 0 Å². The fraction of sp³-hybridized carbons (Fsp3) is 0.538. The van der Waals surface area contributed by atoms with Crippen LogP contribution >= 0.6 is 0 Å². The highest BCUT2D eigenvalue weighted by molar-refractivity contribution is 5.96. The van der Waals surface area contributed by atoms with Crippen LogP contribution < -0.4 is 5.63 Å². The van der Waals surface area contributed by atoms with Gasteiger partial charge in [0.1, 0.15) is 11.2 Å². The first-order valence-electron chi connectivity index (χ1n) is 11.3. The minimum Gasteiger partial charge on any atom is -0.464 e. The van der Waals surface area contributed by atoms with Crippen molar-refractivity contribution < 1.29 is 13.6 Å². The maximum atomic E-state index is 13.2. The predicted octanol–water partition coefficient (Wildman–Crippen LogP) is 5.52. The molecule has 2 fully saturated rings. The van der Waals surface area contributed by atoms with Gasteiger partial charge in [0.2, 0.25) is 5.91 Å². The summed E-state index contributed by atoms with van der Waals surface area (Å²) in [6, 6.07) is 4.14. The van der Waals surface area contributed by atoms with E-state index in [4.69, 9.17) is 8.83 Å². The largest absolute Gasteiger partial charge is 0.464 e. The van der Waals surface area contributed by atoms with Crippen molar-refractivity contribution in [1.82, 2.24) is 4.90 Å². The normalized spacial score (nSPS) is 24.9. The summed E-state index contributed by atoms with van der Waals surface area (Å²) in [5.74, 6) is 0.159. The summed E-state index contributed by atoms with van der Waals surface area (Å²) < 4.78 is 11.2. The third kappa shape index (κ3) is 3.38. The van der Waals surface area contributed by atoms with Crippen molar-refractivity contribution in [1.29, 1.82) is 0 Å². The van der Waals surface area contributed by atoms with E-state index in [1.807, 2.05) is 19.9 Å². The number of hydrogen-bond acceptors (Lipinski definition) is 4. The molecule has 1 amide bonds.